The van der Waals surface area contributed by atoms with E-state index in [0.29, 0.717) is 12.1 Å². The molecule has 0 saturated heterocycles. The van der Waals surface area contributed by atoms with Crippen molar-refractivity contribution >= 4 is 23.1 Å². The number of benzene rings is 3. The van der Waals surface area contributed by atoms with E-state index >= 15 is 0 Å². The Labute approximate surface area is 188 Å². The molecule has 0 aliphatic carbocycles. The Morgan fingerprint density at radius 2 is 1.50 bits per heavy atom. The molecule has 0 saturated carbocycles. The maximum absolute atomic E-state index is 13.3. The number of ketones is 1. The number of aryl methyl sites for hydroxylation is 1. The van der Waals surface area contributed by atoms with Crippen molar-refractivity contribution < 1.29 is 14.7 Å². The summed E-state index contributed by atoms with van der Waals surface area (Å²) in [5, 5.41) is 10.8. The van der Waals surface area contributed by atoms with Gasteiger partial charge in [0.2, 0.25) is 0 Å². The molecule has 5 nitrogen and oxygen atoms in total. The SMILES string of the molecule is CN(C)c1ccc(C2C(C(=O)CCc3ccccc3)=C(O)C(=O)N2c2ccccc2)cc1. The Kier molecular flexibility index (Phi) is 6.08. The summed E-state index contributed by atoms with van der Waals surface area (Å²) < 4.78 is 0. The Balaban J connectivity index is 1.71. The van der Waals surface area contributed by atoms with Gasteiger partial charge in [0.25, 0.3) is 5.91 Å². The predicted molar refractivity (Wildman–Crippen MR) is 127 cm³/mol. The van der Waals surface area contributed by atoms with Gasteiger partial charge in [-0.25, -0.2) is 0 Å². The van der Waals surface area contributed by atoms with E-state index in [1.165, 1.54) is 4.90 Å². The molecule has 1 atom stereocenters. The van der Waals surface area contributed by atoms with Crippen molar-refractivity contribution in [1.29, 1.82) is 0 Å². The molecule has 162 valence electrons. The average Bonchev–Trinajstić information content (AvgIpc) is 3.09. The van der Waals surface area contributed by atoms with Crippen molar-refractivity contribution in [2.24, 2.45) is 0 Å². The molecule has 0 radical (unpaired) electrons. The fraction of sp³-hybridized carbons (Fsp3) is 0.185. The van der Waals surface area contributed by atoms with Crippen LogP contribution in [-0.2, 0) is 16.0 Å². The molecule has 1 aliphatic rings. The quantitative estimate of drug-likeness (QED) is 0.586. The molecule has 3 aromatic rings. The lowest BCUT2D eigenvalue weighted by Gasteiger charge is -2.27. The van der Waals surface area contributed by atoms with Crippen LogP contribution >= 0.6 is 0 Å². The van der Waals surface area contributed by atoms with Crippen LogP contribution in [0.5, 0.6) is 0 Å². The zero-order chi connectivity index (χ0) is 22.7. The van der Waals surface area contributed by atoms with Gasteiger partial charge in [-0.3, -0.25) is 14.5 Å². The van der Waals surface area contributed by atoms with E-state index in [4.69, 9.17) is 0 Å². The maximum Gasteiger partial charge on any atom is 0.294 e. The number of para-hydroxylation sites is 1. The summed E-state index contributed by atoms with van der Waals surface area (Å²) in [5.41, 5.74) is 3.62. The summed E-state index contributed by atoms with van der Waals surface area (Å²) in [6, 6.07) is 25.9. The molecule has 0 spiro atoms. The third-order valence-corrected chi connectivity index (χ3v) is 5.75. The van der Waals surface area contributed by atoms with E-state index < -0.39 is 17.7 Å². The summed E-state index contributed by atoms with van der Waals surface area (Å²) >= 11 is 0. The average molecular weight is 427 g/mol. The largest absolute Gasteiger partial charge is 0.503 e. The van der Waals surface area contributed by atoms with Crippen molar-refractivity contribution in [3.63, 3.8) is 0 Å². The highest BCUT2D eigenvalue weighted by atomic mass is 16.3. The molecule has 1 N–H and O–H groups in total. The van der Waals surface area contributed by atoms with E-state index in [2.05, 4.69) is 0 Å². The second kappa shape index (κ2) is 9.10. The minimum absolute atomic E-state index is 0.160. The number of rotatable bonds is 7. The van der Waals surface area contributed by atoms with Crippen LogP contribution < -0.4 is 9.80 Å². The second-order valence-corrected chi connectivity index (χ2v) is 8.07. The van der Waals surface area contributed by atoms with Gasteiger partial charge >= 0.3 is 0 Å². The molecular formula is C27H26N2O3. The van der Waals surface area contributed by atoms with Gasteiger partial charge in [-0.15, -0.1) is 0 Å². The first-order valence-electron chi connectivity index (χ1n) is 10.6. The van der Waals surface area contributed by atoms with Gasteiger partial charge < -0.3 is 10.0 Å². The van der Waals surface area contributed by atoms with E-state index in [0.717, 1.165) is 16.8 Å². The third-order valence-electron chi connectivity index (χ3n) is 5.75. The van der Waals surface area contributed by atoms with Crippen molar-refractivity contribution in [1.82, 2.24) is 0 Å². The van der Waals surface area contributed by atoms with Crippen LogP contribution in [0.2, 0.25) is 0 Å². The topological polar surface area (TPSA) is 60.9 Å². The Hall–Kier alpha value is -3.86. The van der Waals surface area contributed by atoms with Gasteiger partial charge in [-0.05, 0) is 41.8 Å². The number of hydrogen-bond donors (Lipinski definition) is 1. The molecule has 0 aromatic heterocycles. The number of carbonyl (C=O) groups is 2. The number of nitrogens with zero attached hydrogens (tertiary/aromatic N) is 2. The first-order valence-corrected chi connectivity index (χ1v) is 10.6. The molecule has 5 heteroatoms. The lowest BCUT2D eigenvalue weighted by molar-refractivity contribution is -0.118. The van der Waals surface area contributed by atoms with Crippen LogP contribution in [0.3, 0.4) is 0 Å². The van der Waals surface area contributed by atoms with Crippen molar-refractivity contribution in [3.05, 3.63) is 107 Å². The zero-order valence-corrected chi connectivity index (χ0v) is 18.2. The van der Waals surface area contributed by atoms with Gasteiger partial charge in [-0.2, -0.15) is 0 Å². The van der Waals surface area contributed by atoms with Gasteiger partial charge in [0, 0.05) is 31.9 Å². The van der Waals surface area contributed by atoms with E-state index in [1.54, 1.807) is 0 Å². The highest BCUT2D eigenvalue weighted by Crippen LogP contribution is 2.41. The zero-order valence-electron chi connectivity index (χ0n) is 18.2. The highest BCUT2D eigenvalue weighted by Gasteiger charge is 2.44. The van der Waals surface area contributed by atoms with Crippen molar-refractivity contribution in [2.75, 3.05) is 23.9 Å². The predicted octanol–water partition coefficient (Wildman–Crippen LogP) is 4.85. The van der Waals surface area contributed by atoms with E-state index in [9.17, 15) is 14.7 Å². The monoisotopic (exact) mass is 426 g/mol. The fourth-order valence-electron chi connectivity index (χ4n) is 4.05. The molecule has 0 bridgehead atoms. The number of aliphatic hydroxyl groups is 1. The smallest absolute Gasteiger partial charge is 0.294 e. The molecule has 1 heterocycles. The molecule has 1 unspecified atom stereocenters. The first-order chi connectivity index (χ1) is 15.5. The van der Waals surface area contributed by atoms with E-state index in [-0.39, 0.29) is 17.8 Å². The molecule has 4 rings (SSSR count). The van der Waals surface area contributed by atoms with Crippen LogP contribution in [0.1, 0.15) is 23.6 Å². The van der Waals surface area contributed by atoms with Crippen molar-refractivity contribution in [2.45, 2.75) is 18.9 Å². The molecular weight excluding hydrogens is 400 g/mol. The van der Waals surface area contributed by atoms with Crippen LogP contribution in [0.4, 0.5) is 11.4 Å². The molecule has 1 amide bonds. The summed E-state index contributed by atoms with van der Waals surface area (Å²) in [7, 11) is 3.91. The summed E-state index contributed by atoms with van der Waals surface area (Å²) in [4.78, 5) is 29.9. The van der Waals surface area contributed by atoms with Crippen molar-refractivity contribution in [3.8, 4) is 0 Å². The summed E-state index contributed by atoms with van der Waals surface area (Å²) in [6.45, 7) is 0. The normalized spacial score (nSPS) is 15.9. The maximum atomic E-state index is 13.3. The lowest BCUT2D eigenvalue weighted by Crippen LogP contribution is -2.31. The number of carbonyl (C=O) groups excluding carboxylic acids is 2. The fourth-order valence-corrected chi connectivity index (χ4v) is 4.05. The minimum atomic E-state index is -0.676. The Morgan fingerprint density at radius 3 is 2.09 bits per heavy atom. The van der Waals surface area contributed by atoms with Crippen LogP contribution in [0.25, 0.3) is 0 Å². The van der Waals surface area contributed by atoms with Crippen LogP contribution in [-0.4, -0.2) is 30.9 Å². The molecule has 32 heavy (non-hydrogen) atoms. The molecule has 3 aromatic carbocycles. The third kappa shape index (κ3) is 4.14. The summed E-state index contributed by atoms with van der Waals surface area (Å²) in [5.74, 6) is -1.24. The number of Topliss-reactive ketones (excluding diaryl/α,β-unsaturated/α-hetero) is 1. The Bertz CT molecular complexity index is 1140. The van der Waals surface area contributed by atoms with Gasteiger partial charge in [0.15, 0.2) is 11.5 Å². The molecule has 1 aliphatic heterocycles. The number of aliphatic hydroxyl groups excluding tert-OH is 1. The Morgan fingerprint density at radius 1 is 0.906 bits per heavy atom. The lowest BCUT2D eigenvalue weighted by atomic mass is 9.93. The second-order valence-electron chi connectivity index (χ2n) is 8.07. The van der Waals surface area contributed by atoms with Gasteiger partial charge in [-0.1, -0.05) is 60.7 Å². The first kappa shape index (κ1) is 21.4. The number of hydrogen-bond acceptors (Lipinski definition) is 4. The standard InChI is InChI=1S/C27H26N2O3/c1-28(2)21-16-14-20(15-17-21)25-24(23(30)18-13-19-9-5-3-6-10-19)26(31)27(32)29(25)22-11-7-4-8-12-22/h3-12,14-17,25,31H,13,18H2,1-2H3. The van der Waals surface area contributed by atoms with E-state index in [1.807, 2.05) is 104 Å². The van der Waals surface area contributed by atoms with Crippen LogP contribution in [0, 0.1) is 0 Å². The van der Waals surface area contributed by atoms with Gasteiger partial charge in [0.1, 0.15) is 0 Å². The summed E-state index contributed by atoms with van der Waals surface area (Å²) in [6.07, 6.45) is 0.758. The number of anilines is 2. The minimum Gasteiger partial charge on any atom is -0.503 e. The van der Waals surface area contributed by atoms with Gasteiger partial charge in [0.05, 0.1) is 11.6 Å². The van der Waals surface area contributed by atoms with Crippen LogP contribution in [0.15, 0.2) is 96.3 Å². The molecule has 0 fully saturated rings. The number of amides is 1. The highest BCUT2D eigenvalue weighted by molar-refractivity contribution is 6.16.